The van der Waals surface area contributed by atoms with E-state index in [-0.39, 0.29) is 11.5 Å². The summed E-state index contributed by atoms with van der Waals surface area (Å²) in [5.74, 6) is -0.374. The molecule has 0 aliphatic heterocycles. The number of carbonyl (C=O) groups excluding carboxylic acids is 1. The lowest BCUT2D eigenvalue weighted by Crippen LogP contribution is -2.31. The van der Waals surface area contributed by atoms with Gasteiger partial charge in [-0.25, -0.2) is 4.68 Å². The van der Waals surface area contributed by atoms with E-state index in [4.69, 9.17) is 0 Å². The Hall–Kier alpha value is -2.37. The van der Waals surface area contributed by atoms with Gasteiger partial charge in [-0.15, -0.1) is 0 Å². The fraction of sp³-hybridized carbons (Fsp3) is 0.100. The average Bonchev–Trinajstić information content (AvgIpc) is 2.68. The summed E-state index contributed by atoms with van der Waals surface area (Å²) in [4.78, 5) is 23.0. The maximum atomic E-state index is 11.7. The first kappa shape index (κ1) is 10.2. The number of carbonyl (C=O) groups is 1. The van der Waals surface area contributed by atoms with E-state index in [0.717, 1.165) is 4.68 Å². The lowest BCUT2D eigenvalue weighted by Gasteiger charge is -2.05. The van der Waals surface area contributed by atoms with Crippen LogP contribution in [-0.4, -0.2) is 20.4 Å². The third-order valence-corrected chi connectivity index (χ3v) is 2.01. The minimum atomic E-state index is -0.374. The van der Waals surface area contributed by atoms with E-state index >= 15 is 0 Å². The molecule has 0 bridgehead atoms. The van der Waals surface area contributed by atoms with Crippen LogP contribution in [0.1, 0.15) is 10.4 Å². The van der Waals surface area contributed by atoms with E-state index in [0.29, 0.717) is 5.56 Å². The van der Waals surface area contributed by atoms with Gasteiger partial charge >= 0.3 is 0 Å². The third kappa shape index (κ3) is 2.00. The second kappa shape index (κ2) is 4.01. The summed E-state index contributed by atoms with van der Waals surface area (Å²) in [6.07, 6.45) is 4.49. The zero-order chi connectivity index (χ0) is 11.5. The Bertz CT molecular complexity index is 570. The van der Waals surface area contributed by atoms with Gasteiger partial charge in [0.2, 0.25) is 0 Å². The number of hydrogen-bond acceptors (Lipinski definition) is 3. The minimum absolute atomic E-state index is 0.292. The first-order valence-electron chi connectivity index (χ1n) is 4.64. The highest BCUT2D eigenvalue weighted by Crippen LogP contribution is 1.96. The molecule has 0 fully saturated rings. The average molecular weight is 218 g/mol. The van der Waals surface area contributed by atoms with Crippen molar-refractivity contribution >= 4 is 5.91 Å². The predicted molar refractivity (Wildman–Crippen MR) is 57.6 cm³/mol. The summed E-state index contributed by atoms with van der Waals surface area (Å²) in [5.41, 5.74) is 2.56. The Balaban J connectivity index is 2.20. The van der Waals surface area contributed by atoms with Crippen LogP contribution in [0.3, 0.4) is 0 Å². The SMILES string of the molecule is Cn1cc(C(=O)Nn2ccccc2=O)cn1. The monoisotopic (exact) mass is 218 g/mol. The zero-order valence-corrected chi connectivity index (χ0v) is 8.62. The smallest absolute Gasteiger partial charge is 0.273 e. The van der Waals surface area contributed by atoms with Gasteiger partial charge in [0.25, 0.3) is 11.5 Å². The van der Waals surface area contributed by atoms with Crippen molar-refractivity contribution in [2.75, 3.05) is 5.43 Å². The molecule has 1 amide bonds. The number of aryl methyl sites for hydroxylation is 1. The maximum absolute atomic E-state index is 11.7. The second-order valence-corrected chi connectivity index (χ2v) is 3.25. The molecule has 2 aromatic rings. The fourth-order valence-electron chi connectivity index (χ4n) is 1.23. The van der Waals surface area contributed by atoms with Crippen molar-refractivity contribution in [3.8, 4) is 0 Å². The van der Waals surface area contributed by atoms with Gasteiger partial charge in [0.15, 0.2) is 0 Å². The molecule has 2 aromatic heterocycles. The Morgan fingerprint density at radius 3 is 2.88 bits per heavy atom. The van der Waals surface area contributed by atoms with Crippen LogP contribution in [0.5, 0.6) is 0 Å². The molecule has 0 atom stereocenters. The first-order valence-corrected chi connectivity index (χ1v) is 4.64. The van der Waals surface area contributed by atoms with E-state index < -0.39 is 0 Å². The Kier molecular flexibility index (Phi) is 2.55. The molecule has 0 radical (unpaired) electrons. The van der Waals surface area contributed by atoms with Gasteiger partial charge in [0.1, 0.15) is 0 Å². The molecule has 6 nitrogen and oxygen atoms in total. The number of hydrogen-bond donors (Lipinski definition) is 1. The molecule has 0 saturated heterocycles. The molecule has 1 N–H and O–H groups in total. The molecule has 0 unspecified atom stereocenters. The van der Waals surface area contributed by atoms with Gasteiger partial charge in [-0.1, -0.05) is 6.07 Å². The van der Waals surface area contributed by atoms with Crippen molar-refractivity contribution in [1.29, 1.82) is 0 Å². The number of aromatic nitrogens is 3. The molecule has 0 aliphatic rings. The predicted octanol–water partition coefficient (Wildman–Crippen LogP) is -0.0343. The van der Waals surface area contributed by atoms with Crippen LogP contribution in [0, 0.1) is 0 Å². The van der Waals surface area contributed by atoms with Crippen LogP contribution in [-0.2, 0) is 7.05 Å². The molecule has 6 heteroatoms. The van der Waals surface area contributed by atoms with Gasteiger partial charge in [-0.2, -0.15) is 5.10 Å². The molecule has 0 aliphatic carbocycles. The molecule has 2 heterocycles. The van der Waals surface area contributed by atoms with Crippen LogP contribution in [0.2, 0.25) is 0 Å². The van der Waals surface area contributed by atoms with Gasteiger partial charge in [0.05, 0.1) is 11.8 Å². The van der Waals surface area contributed by atoms with Crippen LogP contribution in [0.15, 0.2) is 41.6 Å². The summed E-state index contributed by atoms with van der Waals surface area (Å²) < 4.78 is 2.64. The number of nitrogens with one attached hydrogen (secondary N) is 1. The van der Waals surface area contributed by atoms with Gasteiger partial charge in [-0.3, -0.25) is 19.7 Å². The molecule has 0 spiro atoms. The lowest BCUT2D eigenvalue weighted by molar-refractivity contribution is 0.101. The zero-order valence-electron chi connectivity index (χ0n) is 8.62. The Morgan fingerprint density at radius 2 is 2.25 bits per heavy atom. The molecular weight excluding hydrogens is 208 g/mol. The normalized spacial score (nSPS) is 10.1. The first-order chi connectivity index (χ1) is 7.66. The number of amides is 1. The van der Waals surface area contributed by atoms with Crippen molar-refractivity contribution in [3.63, 3.8) is 0 Å². The van der Waals surface area contributed by atoms with Crippen LogP contribution >= 0.6 is 0 Å². The summed E-state index contributed by atoms with van der Waals surface area (Å²) >= 11 is 0. The lowest BCUT2D eigenvalue weighted by atomic mass is 10.3. The van der Waals surface area contributed by atoms with Crippen molar-refractivity contribution in [1.82, 2.24) is 14.5 Å². The van der Waals surface area contributed by atoms with Crippen LogP contribution < -0.4 is 11.0 Å². The maximum Gasteiger partial charge on any atom is 0.273 e. The molecule has 82 valence electrons. The van der Waals surface area contributed by atoms with Crippen molar-refractivity contribution in [2.45, 2.75) is 0 Å². The van der Waals surface area contributed by atoms with E-state index in [9.17, 15) is 9.59 Å². The van der Waals surface area contributed by atoms with Crippen molar-refractivity contribution in [3.05, 3.63) is 52.7 Å². The topological polar surface area (TPSA) is 68.9 Å². The van der Waals surface area contributed by atoms with Gasteiger partial charge < -0.3 is 0 Å². The molecule has 16 heavy (non-hydrogen) atoms. The third-order valence-electron chi connectivity index (χ3n) is 2.01. The van der Waals surface area contributed by atoms with Crippen molar-refractivity contribution < 1.29 is 4.79 Å². The molecule has 0 saturated carbocycles. The summed E-state index contributed by atoms with van der Waals surface area (Å²) in [5, 5.41) is 3.87. The second-order valence-electron chi connectivity index (χ2n) is 3.25. The van der Waals surface area contributed by atoms with Crippen molar-refractivity contribution in [2.24, 2.45) is 7.05 Å². The largest absolute Gasteiger partial charge is 0.275 e. The summed E-state index contributed by atoms with van der Waals surface area (Å²) in [7, 11) is 1.71. The highest BCUT2D eigenvalue weighted by molar-refractivity contribution is 5.99. The van der Waals surface area contributed by atoms with E-state index in [1.165, 1.54) is 23.1 Å². The quantitative estimate of drug-likeness (QED) is 0.769. The van der Waals surface area contributed by atoms with Gasteiger partial charge in [0, 0.05) is 25.5 Å². The minimum Gasteiger partial charge on any atom is -0.275 e. The number of pyridine rings is 1. The summed E-state index contributed by atoms with van der Waals surface area (Å²) in [6, 6.07) is 4.63. The van der Waals surface area contributed by atoms with E-state index in [2.05, 4.69) is 10.5 Å². The summed E-state index contributed by atoms with van der Waals surface area (Å²) in [6.45, 7) is 0. The van der Waals surface area contributed by atoms with Gasteiger partial charge in [-0.05, 0) is 6.07 Å². The fourth-order valence-corrected chi connectivity index (χ4v) is 1.23. The highest BCUT2D eigenvalue weighted by atomic mass is 16.2. The van der Waals surface area contributed by atoms with E-state index in [1.807, 2.05) is 0 Å². The Labute approximate surface area is 91.1 Å². The Morgan fingerprint density at radius 1 is 1.44 bits per heavy atom. The van der Waals surface area contributed by atoms with Crippen LogP contribution in [0.25, 0.3) is 0 Å². The van der Waals surface area contributed by atoms with Crippen LogP contribution in [0.4, 0.5) is 0 Å². The molecular formula is C10H10N4O2. The highest BCUT2D eigenvalue weighted by Gasteiger charge is 2.07. The molecule has 2 rings (SSSR count). The molecule has 0 aromatic carbocycles. The number of nitrogens with zero attached hydrogens (tertiary/aromatic N) is 3. The number of rotatable bonds is 2. The standard InChI is InChI=1S/C10H10N4O2/c1-13-7-8(6-11-13)10(16)12-14-5-3-2-4-9(14)15/h2-7H,1H3,(H,12,16). The van der Waals surface area contributed by atoms with E-state index in [1.54, 1.807) is 25.4 Å².